The van der Waals surface area contributed by atoms with E-state index in [4.69, 9.17) is 0 Å². The first kappa shape index (κ1) is 14.4. The van der Waals surface area contributed by atoms with Gasteiger partial charge in [-0.25, -0.2) is 4.39 Å². The van der Waals surface area contributed by atoms with E-state index in [1.165, 1.54) is 36.4 Å². The molecule has 0 aliphatic rings. The lowest BCUT2D eigenvalue weighted by Gasteiger charge is -2.20. The summed E-state index contributed by atoms with van der Waals surface area (Å²) in [7, 11) is 0. The van der Waals surface area contributed by atoms with Gasteiger partial charge in [0.2, 0.25) is 0 Å². The van der Waals surface area contributed by atoms with E-state index in [1.54, 1.807) is 13.0 Å². The maximum atomic E-state index is 13.5. The first-order valence-corrected chi connectivity index (χ1v) is 6.07. The number of benzene rings is 2. The largest absolute Gasteiger partial charge is 0.416 e. The van der Waals surface area contributed by atoms with Crippen molar-refractivity contribution in [2.24, 2.45) is 0 Å². The van der Waals surface area contributed by atoms with Crippen LogP contribution >= 0.6 is 0 Å². The Hall–Kier alpha value is -2.04. The predicted molar refractivity (Wildman–Crippen MR) is 69.9 cm³/mol. The molecule has 0 spiro atoms. The van der Waals surface area contributed by atoms with Crippen molar-refractivity contribution in [1.82, 2.24) is 0 Å². The lowest BCUT2D eigenvalue weighted by atomic mass is 10.0. The smallest absolute Gasteiger partial charge is 0.376 e. The summed E-state index contributed by atoms with van der Waals surface area (Å²) in [6.45, 7) is 1.57. The molecule has 1 N–H and O–H groups in total. The monoisotopic (exact) mass is 283 g/mol. The highest BCUT2D eigenvalue weighted by Gasteiger charge is 2.34. The number of nitrogens with one attached hydrogen (secondary N) is 1. The van der Waals surface area contributed by atoms with Crippen LogP contribution in [0.25, 0.3) is 0 Å². The van der Waals surface area contributed by atoms with Gasteiger partial charge in [0.1, 0.15) is 5.82 Å². The Bertz CT molecular complexity index is 592. The van der Waals surface area contributed by atoms with E-state index in [0.29, 0.717) is 0 Å². The van der Waals surface area contributed by atoms with Crippen LogP contribution in [0.1, 0.15) is 24.1 Å². The van der Waals surface area contributed by atoms with E-state index in [-0.39, 0.29) is 11.3 Å². The summed E-state index contributed by atoms with van der Waals surface area (Å²) in [5.74, 6) is -0.496. The standard InChI is InChI=1S/C15H13F4N/c1-10(20-14-9-5-4-8-13(14)16)11-6-2-3-7-12(11)15(17,18)19/h2-10,20H,1H3. The van der Waals surface area contributed by atoms with Crippen LogP contribution in [-0.4, -0.2) is 0 Å². The SMILES string of the molecule is CC(Nc1ccccc1F)c1ccccc1C(F)(F)F. The van der Waals surface area contributed by atoms with Gasteiger partial charge in [0, 0.05) is 6.04 Å². The Morgan fingerprint density at radius 2 is 1.55 bits per heavy atom. The van der Waals surface area contributed by atoms with Crippen molar-refractivity contribution in [2.75, 3.05) is 5.32 Å². The maximum Gasteiger partial charge on any atom is 0.416 e. The van der Waals surface area contributed by atoms with Gasteiger partial charge in [0.05, 0.1) is 11.3 Å². The second-order valence-electron chi connectivity index (χ2n) is 4.43. The quantitative estimate of drug-likeness (QED) is 0.780. The summed E-state index contributed by atoms with van der Waals surface area (Å²) in [6, 6.07) is 10.5. The zero-order valence-electron chi connectivity index (χ0n) is 10.7. The van der Waals surface area contributed by atoms with Crippen LogP contribution in [0.5, 0.6) is 0 Å². The molecule has 0 fully saturated rings. The normalized spacial score (nSPS) is 13.1. The Balaban J connectivity index is 2.31. The summed E-state index contributed by atoms with van der Waals surface area (Å²) in [6.07, 6.45) is -4.43. The minimum absolute atomic E-state index is 0.0863. The average molecular weight is 283 g/mol. The number of alkyl halides is 3. The van der Waals surface area contributed by atoms with Crippen molar-refractivity contribution in [3.63, 3.8) is 0 Å². The number of halogens is 4. The number of hydrogen-bond donors (Lipinski definition) is 1. The lowest BCUT2D eigenvalue weighted by Crippen LogP contribution is -2.15. The minimum atomic E-state index is -4.43. The van der Waals surface area contributed by atoms with Gasteiger partial charge >= 0.3 is 6.18 Å². The molecule has 0 saturated carbocycles. The van der Waals surface area contributed by atoms with Crippen LogP contribution in [0, 0.1) is 5.82 Å². The summed E-state index contributed by atoms with van der Waals surface area (Å²) >= 11 is 0. The minimum Gasteiger partial charge on any atom is -0.376 e. The van der Waals surface area contributed by atoms with Crippen LogP contribution in [0.3, 0.4) is 0 Å². The molecular formula is C15H13F4N. The molecule has 1 unspecified atom stereocenters. The number of anilines is 1. The van der Waals surface area contributed by atoms with Crippen molar-refractivity contribution >= 4 is 5.69 Å². The van der Waals surface area contributed by atoms with Gasteiger partial charge in [-0.1, -0.05) is 30.3 Å². The average Bonchev–Trinajstić information content (AvgIpc) is 2.40. The van der Waals surface area contributed by atoms with Crippen LogP contribution in [0.15, 0.2) is 48.5 Å². The summed E-state index contributed by atoms with van der Waals surface area (Å²) in [5.41, 5.74) is -0.448. The molecule has 0 heterocycles. The Morgan fingerprint density at radius 3 is 2.20 bits per heavy atom. The molecule has 0 aromatic heterocycles. The summed E-state index contributed by atoms with van der Waals surface area (Å²) < 4.78 is 52.3. The first-order chi connectivity index (χ1) is 9.39. The molecular weight excluding hydrogens is 270 g/mol. The van der Waals surface area contributed by atoms with E-state index in [2.05, 4.69) is 5.32 Å². The van der Waals surface area contributed by atoms with Crippen molar-refractivity contribution in [3.8, 4) is 0 Å². The van der Waals surface area contributed by atoms with Crippen LogP contribution in [0.2, 0.25) is 0 Å². The van der Waals surface area contributed by atoms with Crippen LogP contribution in [-0.2, 0) is 6.18 Å². The molecule has 5 heteroatoms. The molecule has 2 aromatic carbocycles. The molecule has 0 aliphatic carbocycles. The van der Waals surface area contributed by atoms with Crippen molar-refractivity contribution in [2.45, 2.75) is 19.1 Å². The van der Waals surface area contributed by atoms with E-state index in [1.807, 2.05) is 0 Å². The second-order valence-corrected chi connectivity index (χ2v) is 4.43. The van der Waals surface area contributed by atoms with Gasteiger partial charge < -0.3 is 5.32 Å². The fourth-order valence-electron chi connectivity index (χ4n) is 2.02. The zero-order valence-corrected chi connectivity index (χ0v) is 10.7. The molecule has 0 radical (unpaired) electrons. The van der Waals surface area contributed by atoms with Gasteiger partial charge in [0.15, 0.2) is 0 Å². The van der Waals surface area contributed by atoms with Gasteiger partial charge in [0.25, 0.3) is 0 Å². The highest BCUT2D eigenvalue weighted by atomic mass is 19.4. The van der Waals surface area contributed by atoms with Crippen LogP contribution in [0.4, 0.5) is 23.2 Å². The van der Waals surface area contributed by atoms with Crippen molar-refractivity contribution < 1.29 is 17.6 Å². The van der Waals surface area contributed by atoms with Gasteiger partial charge in [-0.05, 0) is 30.7 Å². The summed E-state index contributed by atoms with van der Waals surface area (Å²) in [5, 5.41) is 2.76. The molecule has 20 heavy (non-hydrogen) atoms. The Kier molecular flexibility index (Phi) is 3.97. The molecule has 0 saturated heterocycles. The van der Waals surface area contributed by atoms with Crippen molar-refractivity contribution in [3.05, 3.63) is 65.5 Å². The van der Waals surface area contributed by atoms with E-state index in [9.17, 15) is 17.6 Å². The Labute approximate surface area is 114 Å². The van der Waals surface area contributed by atoms with Gasteiger partial charge in [-0.2, -0.15) is 13.2 Å². The number of para-hydroxylation sites is 1. The van der Waals surface area contributed by atoms with E-state index in [0.717, 1.165) is 6.07 Å². The summed E-state index contributed by atoms with van der Waals surface area (Å²) in [4.78, 5) is 0. The lowest BCUT2D eigenvalue weighted by molar-refractivity contribution is -0.138. The maximum absolute atomic E-state index is 13.5. The molecule has 1 nitrogen and oxygen atoms in total. The fraction of sp³-hybridized carbons (Fsp3) is 0.200. The molecule has 2 rings (SSSR count). The van der Waals surface area contributed by atoms with Gasteiger partial charge in [-0.15, -0.1) is 0 Å². The topological polar surface area (TPSA) is 12.0 Å². The molecule has 2 aromatic rings. The second kappa shape index (κ2) is 5.53. The van der Waals surface area contributed by atoms with Gasteiger partial charge in [-0.3, -0.25) is 0 Å². The molecule has 106 valence electrons. The molecule has 0 amide bonds. The third-order valence-corrected chi connectivity index (χ3v) is 2.98. The highest BCUT2D eigenvalue weighted by Crippen LogP contribution is 2.35. The predicted octanol–water partition coefficient (Wildman–Crippen LogP) is 5.02. The fourth-order valence-corrected chi connectivity index (χ4v) is 2.02. The molecule has 1 atom stereocenters. The molecule has 0 aliphatic heterocycles. The van der Waals surface area contributed by atoms with E-state index < -0.39 is 23.6 Å². The third-order valence-electron chi connectivity index (χ3n) is 2.98. The highest BCUT2D eigenvalue weighted by molar-refractivity contribution is 5.47. The van der Waals surface area contributed by atoms with Crippen LogP contribution < -0.4 is 5.32 Å². The number of hydrogen-bond acceptors (Lipinski definition) is 1. The number of rotatable bonds is 3. The zero-order chi connectivity index (χ0) is 14.8. The third kappa shape index (κ3) is 3.10. The Morgan fingerprint density at radius 1 is 0.950 bits per heavy atom. The molecule has 0 bridgehead atoms. The van der Waals surface area contributed by atoms with E-state index >= 15 is 0 Å². The first-order valence-electron chi connectivity index (χ1n) is 6.07. The van der Waals surface area contributed by atoms with Crippen molar-refractivity contribution in [1.29, 1.82) is 0 Å².